The van der Waals surface area contributed by atoms with E-state index in [4.69, 9.17) is 10.2 Å². The number of hydrazine groups is 1. The van der Waals surface area contributed by atoms with Crippen LogP contribution in [0, 0.1) is 0 Å². The van der Waals surface area contributed by atoms with Gasteiger partial charge in [0, 0.05) is 7.05 Å². The quantitative estimate of drug-likeness (QED) is 0.235. The van der Waals surface area contributed by atoms with Crippen molar-refractivity contribution in [2.24, 2.45) is 0 Å². The van der Waals surface area contributed by atoms with Gasteiger partial charge in [-0.05, 0) is 6.08 Å². The van der Waals surface area contributed by atoms with Gasteiger partial charge in [0.2, 0.25) is 0 Å². The van der Waals surface area contributed by atoms with Gasteiger partial charge < -0.3 is 16.4 Å². The van der Waals surface area contributed by atoms with Gasteiger partial charge in [-0.2, -0.15) is 0 Å². The number of hydrogen-bond donors (Lipinski definition) is 5. The highest BCUT2D eigenvalue weighted by Gasteiger charge is 2.01. The summed E-state index contributed by atoms with van der Waals surface area (Å²) >= 11 is 0. The van der Waals surface area contributed by atoms with Crippen molar-refractivity contribution in [2.45, 2.75) is 6.42 Å². The molecule has 0 aliphatic rings. The van der Waals surface area contributed by atoms with E-state index in [-0.39, 0.29) is 12.1 Å². The molecule has 0 radical (unpaired) electrons. The molecular weight excluding hydrogens is 206 g/mol. The SMILES string of the molecule is C=CC(=O)NNC.N.O=C(O)CC(=O)O. The van der Waals surface area contributed by atoms with E-state index in [0.29, 0.717) is 0 Å². The Bertz CT molecular complexity index is 217. The smallest absolute Gasteiger partial charge is 0.314 e. The Morgan fingerprint density at radius 1 is 1.27 bits per heavy atom. The Morgan fingerprint density at radius 3 is 1.73 bits per heavy atom. The van der Waals surface area contributed by atoms with Crippen molar-refractivity contribution in [1.82, 2.24) is 17.0 Å². The first-order valence-corrected chi connectivity index (χ1v) is 3.46. The van der Waals surface area contributed by atoms with Crippen molar-refractivity contribution in [1.29, 1.82) is 0 Å². The zero-order valence-corrected chi connectivity index (χ0v) is 8.32. The van der Waals surface area contributed by atoms with Gasteiger partial charge in [-0.1, -0.05) is 6.58 Å². The molecule has 7 N–H and O–H groups in total. The monoisotopic (exact) mass is 221 g/mol. The van der Waals surface area contributed by atoms with Crippen molar-refractivity contribution >= 4 is 17.8 Å². The highest BCUT2D eigenvalue weighted by molar-refractivity contribution is 5.88. The van der Waals surface area contributed by atoms with Crippen molar-refractivity contribution in [3.8, 4) is 0 Å². The second kappa shape index (κ2) is 12.1. The Labute approximate surface area is 86.5 Å². The Morgan fingerprint density at radius 2 is 1.67 bits per heavy atom. The maximum Gasteiger partial charge on any atom is 0.314 e. The van der Waals surface area contributed by atoms with E-state index < -0.39 is 18.4 Å². The fourth-order valence-corrected chi connectivity index (χ4v) is 0.304. The molecule has 0 aromatic rings. The summed E-state index contributed by atoms with van der Waals surface area (Å²) in [7, 11) is 1.61. The van der Waals surface area contributed by atoms with Crippen LogP contribution in [0.1, 0.15) is 6.42 Å². The van der Waals surface area contributed by atoms with Crippen molar-refractivity contribution in [3.05, 3.63) is 12.7 Å². The van der Waals surface area contributed by atoms with Crippen LogP contribution in [0.2, 0.25) is 0 Å². The summed E-state index contributed by atoms with van der Waals surface area (Å²) in [6.07, 6.45) is 0.385. The average Bonchev–Trinajstić information content (AvgIpc) is 2.03. The van der Waals surface area contributed by atoms with Crippen LogP contribution in [-0.4, -0.2) is 35.1 Å². The number of carbonyl (C=O) groups excluding carboxylic acids is 1. The van der Waals surface area contributed by atoms with E-state index >= 15 is 0 Å². The standard InChI is InChI=1S/C4H8N2O.C3H4O4.H3N/c1-3-4(7)6-5-2;4-2(5)1-3(6)7;/h3,5H,1H2,2H3,(H,6,7);1H2,(H,4,5)(H,6,7);1H3. The molecule has 0 spiro atoms. The maximum absolute atomic E-state index is 10.1. The Hall–Kier alpha value is -1.93. The minimum Gasteiger partial charge on any atom is -0.481 e. The van der Waals surface area contributed by atoms with E-state index in [1.165, 1.54) is 6.08 Å². The summed E-state index contributed by atoms with van der Waals surface area (Å²) in [5.74, 6) is -2.84. The van der Waals surface area contributed by atoms with E-state index in [1.807, 2.05) is 0 Å². The van der Waals surface area contributed by atoms with Gasteiger partial charge in [-0.25, -0.2) is 5.43 Å². The minimum atomic E-state index is -1.31. The molecule has 0 bridgehead atoms. The summed E-state index contributed by atoms with van der Waals surface area (Å²) in [5.41, 5.74) is 4.74. The first-order valence-electron chi connectivity index (χ1n) is 3.46. The molecule has 0 aromatic carbocycles. The fraction of sp³-hybridized carbons (Fsp3) is 0.286. The van der Waals surface area contributed by atoms with Crippen LogP contribution < -0.4 is 17.0 Å². The third-order valence-corrected chi connectivity index (χ3v) is 0.736. The minimum absolute atomic E-state index is 0. The van der Waals surface area contributed by atoms with Gasteiger partial charge in [0.05, 0.1) is 0 Å². The molecule has 0 saturated carbocycles. The molecule has 1 amide bonds. The number of rotatable bonds is 4. The first-order chi connectivity index (χ1) is 6.43. The second-order valence-electron chi connectivity index (χ2n) is 1.91. The van der Waals surface area contributed by atoms with Crippen LogP contribution in [0.3, 0.4) is 0 Å². The predicted octanol–water partition coefficient (Wildman–Crippen LogP) is -0.869. The molecule has 8 heteroatoms. The number of carboxylic acid groups (broad SMARTS) is 2. The zero-order valence-electron chi connectivity index (χ0n) is 8.32. The molecule has 0 heterocycles. The predicted molar refractivity (Wildman–Crippen MR) is 52.3 cm³/mol. The molecule has 0 rings (SSSR count). The lowest BCUT2D eigenvalue weighted by molar-refractivity contribution is -0.147. The lowest BCUT2D eigenvalue weighted by Gasteiger charge is -1.93. The zero-order chi connectivity index (χ0) is 11.6. The van der Waals surface area contributed by atoms with Crippen molar-refractivity contribution < 1.29 is 24.6 Å². The molecule has 0 saturated heterocycles. The van der Waals surface area contributed by atoms with Gasteiger partial charge in [-0.15, -0.1) is 0 Å². The number of nitrogens with one attached hydrogen (secondary N) is 2. The van der Waals surface area contributed by atoms with E-state index in [1.54, 1.807) is 7.05 Å². The molecule has 0 aliphatic carbocycles. The topological polar surface area (TPSA) is 151 Å². The normalized spacial score (nSPS) is 7.27. The number of carboxylic acids is 2. The third-order valence-electron chi connectivity index (χ3n) is 0.736. The summed E-state index contributed by atoms with van der Waals surface area (Å²) in [6, 6.07) is 0. The molecule has 0 aliphatic heterocycles. The van der Waals surface area contributed by atoms with Crippen LogP contribution >= 0.6 is 0 Å². The lowest BCUT2D eigenvalue weighted by Crippen LogP contribution is -2.32. The molecule has 88 valence electrons. The number of aliphatic carboxylic acids is 2. The largest absolute Gasteiger partial charge is 0.481 e. The van der Waals surface area contributed by atoms with E-state index in [9.17, 15) is 14.4 Å². The van der Waals surface area contributed by atoms with E-state index in [2.05, 4.69) is 17.4 Å². The summed E-state index contributed by atoms with van der Waals surface area (Å²) in [4.78, 5) is 29.0. The van der Waals surface area contributed by atoms with Gasteiger partial charge in [0.15, 0.2) is 0 Å². The van der Waals surface area contributed by atoms with Crippen molar-refractivity contribution in [3.63, 3.8) is 0 Å². The van der Waals surface area contributed by atoms with Crippen LogP contribution in [0.15, 0.2) is 12.7 Å². The summed E-state index contributed by atoms with van der Waals surface area (Å²) in [5, 5.41) is 15.4. The highest BCUT2D eigenvalue weighted by Crippen LogP contribution is 1.74. The fourth-order valence-electron chi connectivity index (χ4n) is 0.304. The van der Waals surface area contributed by atoms with Gasteiger partial charge in [0.1, 0.15) is 6.42 Å². The second-order valence-corrected chi connectivity index (χ2v) is 1.91. The van der Waals surface area contributed by atoms with E-state index in [0.717, 1.165) is 0 Å². The average molecular weight is 221 g/mol. The van der Waals surface area contributed by atoms with Crippen LogP contribution in [0.5, 0.6) is 0 Å². The summed E-state index contributed by atoms with van der Waals surface area (Å²) < 4.78 is 0. The van der Waals surface area contributed by atoms with Crippen LogP contribution in [0.4, 0.5) is 0 Å². The molecule has 0 aromatic heterocycles. The molecule has 8 nitrogen and oxygen atoms in total. The molecular formula is C7H15N3O5. The number of amides is 1. The Kier molecular flexibility index (Phi) is 15.1. The number of hydrogen-bond acceptors (Lipinski definition) is 5. The number of carbonyl (C=O) groups is 3. The lowest BCUT2D eigenvalue weighted by atomic mass is 10.5. The maximum atomic E-state index is 10.1. The molecule has 15 heavy (non-hydrogen) atoms. The molecule has 0 unspecified atom stereocenters. The highest BCUT2D eigenvalue weighted by atomic mass is 16.4. The van der Waals surface area contributed by atoms with Crippen molar-refractivity contribution in [2.75, 3.05) is 7.05 Å². The first kappa shape index (κ1) is 18.8. The van der Waals surface area contributed by atoms with Crippen LogP contribution in [-0.2, 0) is 14.4 Å². The summed E-state index contributed by atoms with van der Waals surface area (Å²) in [6.45, 7) is 3.23. The molecule has 0 fully saturated rings. The van der Waals surface area contributed by atoms with Crippen LogP contribution in [0.25, 0.3) is 0 Å². The molecule has 0 atom stereocenters. The third kappa shape index (κ3) is 24.5. The van der Waals surface area contributed by atoms with Gasteiger partial charge in [-0.3, -0.25) is 19.8 Å². The van der Waals surface area contributed by atoms with Gasteiger partial charge >= 0.3 is 11.9 Å². The van der Waals surface area contributed by atoms with Gasteiger partial charge in [0.25, 0.3) is 5.91 Å². The Balaban J connectivity index is -0.000000180.